The van der Waals surface area contributed by atoms with E-state index in [4.69, 9.17) is 5.53 Å². The summed E-state index contributed by atoms with van der Waals surface area (Å²) < 4.78 is 2.00. The molecule has 0 amide bonds. The molecule has 128 valence electrons. The van der Waals surface area contributed by atoms with Crippen molar-refractivity contribution in [3.05, 3.63) is 101 Å². The fourth-order valence-electron chi connectivity index (χ4n) is 2.92. The van der Waals surface area contributed by atoms with Gasteiger partial charge >= 0.3 is 0 Å². The molecule has 0 N–H and O–H groups in total. The summed E-state index contributed by atoms with van der Waals surface area (Å²) in [6.07, 6.45) is 6.43. The molecule has 0 aliphatic heterocycles. The van der Waals surface area contributed by atoms with Crippen LogP contribution in [-0.4, -0.2) is 12.3 Å². The molecule has 2 aromatic carbocycles. The standard InChI is InChI=1S/C21H19N4O/c22-24-23-14-7-6-12-20-19-11-5-4-8-17(19)13-15-25(20)16-21(26)18-9-2-1-3-10-18/h1-11,13,15H,12,14,16H2/q+1. The van der Waals surface area contributed by atoms with Crippen molar-refractivity contribution in [3.8, 4) is 0 Å². The van der Waals surface area contributed by atoms with Gasteiger partial charge in [0.15, 0.2) is 11.9 Å². The van der Waals surface area contributed by atoms with E-state index < -0.39 is 0 Å². The van der Waals surface area contributed by atoms with E-state index >= 15 is 0 Å². The number of aromatic nitrogens is 1. The number of carbonyl (C=O) groups is 1. The molecule has 1 heterocycles. The molecule has 0 saturated carbocycles. The Bertz CT molecular complexity index is 989. The molecule has 0 bridgehead atoms. The van der Waals surface area contributed by atoms with Crippen molar-refractivity contribution in [1.29, 1.82) is 0 Å². The minimum absolute atomic E-state index is 0.0743. The molecule has 0 aliphatic rings. The summed E-state index contributed by atoms with van der Waals surface area (Å²) in [7, 11) is 0. The highest BCUT2D eigenvalue weighted by Crippen LogP contribution is 2.16. The molecule has 5 nitrogen and oxygen atoms in total. The highest BCUT2D eigenvalue weighted by molar-refractivity contribution is 5.95. The smallest absolute Gasteiger partial charge is 0.227 e. The molecule has 0 saturated heterocycles. The lowest BCUT2D eigenvalue weighted by atomic mass is 10.1. The monoisotopic (exact) mass is 343 g/mol. The number of carbonyl (C=O) groups excluding carboxylic acids is 1. The Morgan fingerprint density at radius 2 is 1.81 bits per heavy atom. The zero-order valence-electron chi connectivity index (χ0n) is 14.3. The second kappa shape index (κ2) is 8.60. The minimum atomic E-state index is 0.0743. The molecule has 5 heteroatoms. The molecule has 3 rings (SSSR count). The van der Waals surface area contributed by atoms with Crippen LogP contribution in [-0.2, 0) is 13.0 Å². The SMILES string of the molecule is [N-]=[N+]=NCC=CCc1c2ccccc2cc[n+]1CC(=O)c1ccccc1. The van der Waals surface area contributed by atoms with Crippen molar-refractivity contribution < 1.29 is 9.36 Å². The number of rotatable bonds is 7. The topological polar surface area (TPSA) is 69.7 Å². The van der Waals surface area contributed by atoms with Crippen LogP contribution in [0.2, 0.25) is 0 Å². The number of nitrogens with zero attached hydrogens (tertiary/aromatic N) is 4. The third kappa shape index (κ3) is 4.15. The van der Waals surface area contributed by atoms with Crippen molar-refractivity contribution >= 4 is 16.6 Å². The van der Waals surface area contributed by atoms with E-state index in [0.29, 0.717) is 18.5 Å². The lowest BCUT2D eigenvalue weighted by Gasteiger charge is -2.06. The maximum atomic E-state index is 12.6. The van der Waals surface area contributed by atoms with Gasteiger partial charge in [-0.3, -0.25) is 4.79 Å². The lowest BCUT2D eigenvalue weighted by Crippen LogP contribution is -2.41. The maximum Gasteiger partial charge on any atom is 0.227 e. The van der Waals surface area contributed by atoms with Crippen molar-refractivity contribution in [2.45, 2.75) is 13.0 Å². The molecule has 0 aliphatic carbocycles. The first-order valence-corrected chi connectivity index (χ1v) is 8.44. The Morgan fingerprint density at radius 1 is 1.04 bits per heavy atom. The Labute approximate surface area is 151 Å². The van der Waals surface area contributed by atoms with Crippen molar-refractivity contribution in [1.82, 2.24) is 0 Å². The van der Waals surface area contributed by atoms with Gasteiger partial charge < -0.3 is 0 Å². The first kappa shape index (κ1) is 17.4. The van der Waals surface area contributed by atoms with Gasteiger partial charge in [0.05, 0.1) is 6.42 Å². The Morgan fingerprint density at radius 3 is 2.62 bits per heavy atom. The second-order valence-electron chi connectivity index (χ2n) is 5.86. The van der Waals surface area contributed by atoms with Gasteiger partial charge in [-0.2, -0.15) is 4.57 Å². The summed E-state index contributed by atoms with van der Waals surface area (Å²) in [4.78, 5) is 15.4. The summed E-state index contributed by atoms with van der Waals surface area (Å²) in [5.74, 6) is 0.0743. The lowest BCUT2D eigenvalue weighted by molar-refractivity contribution is -0.688. The molecule has 0 atom stereocenters. The summed E-state index contributed by atoms with van der Waals surface area (Å²) >= 11 is 0. The maximum absolute atomic E-state index is 12.6. The second-order valence-corrected chi connectivity index (χ2v) is 5.86. The highest BCUT2D eigenvalue weighted by atomic mass is 16.1. The molecular formula is C21H19N4O+. The van der Waals surface area contributed by atoms with E-state index in [0.717, 1.165) is 16.5 Å². The number of benzene rings is 2. The third-order valence-electron chi connectivity index (χ3n) is 4.19. The summed E-state index contributed by atoms with van der Waals surface area (Å²) in [5, 5.41) is 5.76. The average molecular weight is 343 g/mol. The van der Waals surface area contributed by atoms with Gasteiger partial charge in [0, 0.05) is 28.5 Å². The molecule has 26 heavy (non-hydrogen) atoms. The largest absolute Gasteiger partial charge is 0.287 e. The number of hydrogen-bond donors (Lipinski definition) is 0. The van der Waals surface area contributed by atoms with Crippen LogP contribution in [0.3, 0.4) is 0 Å². The number of fused-ring (bicyclic) bond motifs is 1. The van der Waals surface area contributed by atoms with E-state index in [2.05, 4.69) is 22.2 Å². The van der Waals surface area contributed by atoms with E-state index in [1.807, 2.05) is 71.4 Å². The third-order valence-corrected chi connectivity index (χ3v) is 4.19. The van der Waals surface area contributed by atoms with Crippen LogP contribution in [0.4, 0.5) is 0 Å². The van der Waals surface area contributed by atoms with Crippen LogP contribution >= 0.6 is 0 Å². The fraction of sp³-hybridized carbons (Fsp3) is 0.143. The van der Waals surface area contributed by atoms with E-state index in [9.17, 15) is 4.79 Å². The van der Waals surface area contributed by atoms with Crippen LogP contribution in [0.25, 0.3) is 21.2 Å². The van der Waals surface area contributed by atoms with Gasteiger partial charge in [-0.1, -0.05) is 65.8 Å². The average Bonchev–Trinajstić information content (AvgIpc) is 2.69. The number of hydrogen-bond acceptors (Lipinski definition) is 2. The van der Waals surface area contributed by atoms with Crippen molar-refractivity contribution in [2.75, 3.05) is 6.54 Å². The van der Waals surface area contributed by atoms with Crippen molar-refractivity contribution in [2.24, 2.45) is 5.11 Å². The predicted molar refractivity (Wildman–Crippen MR) is 102 cm³/mol. The van der Waals surface area contributed by atoms with Gasteiger partial charge in [-0.15, -0.1) is 0 Å². The Hall–Kier alpha value is -3.43. The molecular weight excluding hydrogens is 324 g/mol. The van der Waals surface area contributed by atoms with Gasteiger partial charge in [-0.25, -0.2) is 0 Å². The van der Waals surface area contributed by atoms with Crippen LogP contribution in [0, 0.1) is 0 Å². The number of pyridine rings is 1. The molecule has 0 radical (unpaired) electrons. The Kier molecular flexibility index (Phi) is 5.76. The first-order chi connectivity index (χ1) is 12.8. The summed E-state index contributed by atoms with van der Waals surface area (Å²) in [6.45, 7) is 0.610. The molecule has 0 fully saturated rings. The van der Waals surface area contributed by atoms with Crippen LogP contribution in [0.5, 0.6) is 0 Å². The first-order valence-electron chi connectivity index (χ1n) is 8.44. The normalized spacial score (nSPS) is 10.8. The minimum Gasteiger partial charge on any atom is -0.287 e. The molecule has 0 unspecified atom stereocenters. The van der Waals surface area contributed by atoms with E-state index in [1.54, 1.807) is 0 Å². The molecule has 3 aromatic rings. The number of ketones is 1. The number of Topliss-reactive ketones (excluding diaryl/α,β-unsaturated/α-hetero) is 1. The predicted octanol–water partition coefficient (Wildman–Crippen LogP) is 4.42. The van der Waals surface area contributed by atoms with Crippen LogP contribution in [0.15, 0.2) is 84.1 Å². The highest BCUT2D eigenvalue weighted by Gasteiger charge is 2.18. The van der Waals surface area contributed by atoms with Crippen molar-refractivity contribution in [3.63, 3.8) is 0 Å². The van der Waals surface area contributed by atoms with Gasteiger partial charge in [0.1, 0.15) is 0 Å². The molecule has 1 aromatic heterocycles. The number of azide groups is 1. The van der Waals surface area contributed by atoms with Crippen LogP contribution < -0.4 is 4.57 Å². The quantitative estimate of drug-likeness (QED) is 0.156. The van der Waals surface area contributed by atoms with Gasteiger partial charge in [0.2, 0.25) is 12.3 Å². The van der Waals surface area contributed by atoms with E-state index in [-0.39, 0.29) is 12.3 Å². The molecule has 0 spiro atoms. The fourth-order valence-corrected chi connectivity index (χ4v) is 2.92. The summed E-state index contributed by atoms with van der Waals surface area (Å²) in [6, 6.07) is 19.5. The van der Waals surface area contributed by atoms with Gasteiger partial charge in [-0.05, 0) is 17.0 Å². The zero-order valence-corrected chi connectivity index (χ0v) is 14.3. The van der Waals surface area contributed by atoms with Gasteiger partial charge in [0.25, 0.3) is 0 Å². The summed E-state index contributed by atoms with van der Waals surface area (Å²) in [5.41, 5.74) is 10.1. The van der Waals surface area contributed by atoms with Crippen LogP contribution in [0.1, 0.15) is 16.1 Å². The number of allylic oxidation sites excluding steroid dienone is 1. The Balaban J connectivity index is 1.93. The zero-order chi connectivity index (χ0) is 18.2. The van der Waals surface area contributed by atoms with E-state index in [1.165, 1.54) is 0 Å².